The van der Waals surface area contributed by atoms with Crippen molar-refractivity contribution in [3.05, 3.63) is 39.0 Å². The van der Waals surface area contributed by atoms with Crippen LogP contribution in [0.3, 0.4) is 0 Å². The second-order valence-corrected chi connectivity index (χ2v) is 9.12. The van der Waals surface area contributed by atoms with Crippen LogP contribution in [-0.2, 0) is 10.0 Å². The molecule has 1 aromatic carbocycles. The highest BCUT2D eigenvalue weighted by Crippen LogP contribution is 2.42. The van der Waals surface area contributed by atoms with E-state index in [1.807, 2.05) is 17.5 Å². The standard InChI is InChI=1S/C16H18BrNO4S2/c1-21-13-9-11(17)16(10-14(13)22-2)24(19,20)18-7-3-5-12(18)15-6-4-8-23-15/h4,6,8-10,12H,3,5,7H2,1-2H3/t12-/m0/s1. The first-order valence-corrected chi connectivity index (χ1v) is 10.6. The minimum atomic E-state index is -3.64. The van der Waals surface area contributed by atoms with Crippen LogP contribution in [-0.4, -0.2) is 33.5 Å². The van der Waals surface area contributed by atoms with E-state index in [9.17, 15) is 8.42 Å². The van der Waals surface area contributed by atoms with Crippen LogP contribution in [0.1, 0.15) is 23.8 Å². The molecule has 0 aliphatic carbocycles. The second kappa shape index (κ2) is 7.03. The molecule has 2 heterocycles. The molecule has 130 valence electrons. The topological polar surface area (TPSA) is 55.8 Å². The number of hydrogen-bond acceptors (Lipinski definition) is 5. The number of benzene rings is 1. The SMILES string of the molecule is COc1cc(Br)c(S(=O)(=O)N2CCC[C@H]2c2cccs2)cc1OC. The molecule has 1 atom stereocenters. The van der Waals surface area contributed by atoms with Crippen molar-refractivity contribution in [1.29, 1.82) is 0 Å². The van der Waals surface area contributed by atoms with Gasteiger partial charge in [-0.1, -0.05) is 6.07 Å². The Hall–Kier alpha value is -1.09. The van der Waals surface area contributed by atoms with Crippen molar-refractivity contribution in [3.8, 4) is 11.5 Å². The van der Waals surface area contributed by atoms with Crippen LogP contribution in [0.4, 0.5) is 0 Å². The molecule has 1 aromatic heterocycles. The lowest BCUT2D eigenvalue weighted by Gasteiger charge is -2.24. The maximum Gasteiger partial charge on any atom is 0.244 e. The Morgan fingerprint density at radius 1 is 1.25 bits per heavy atom. The first-order chi connectivity index (χ1) is 11.5. The zero-order chi connectivity index (χ0) is 17.3. The second-order valence-electron chi connectivity index (χ2n) is 5.43. The van der Waals surface area contributed by atoms with E-state index in [-0.39, 0.29) is 10.9 Å². The van der Waals surface area contributed by atoms with Crippen LogP contribution in [0.5, 0.6) is 11.5 Å². The average Bonchev–Trinajstić information content (AvgIpc) is 3.24. The third-order valence-corrected chi connectivity index (χ3v) is 7.94. The predicted octanol–water partition coefficient (Wildman–Crippen LogP) is 4.05. The summed E-state index contributed by atoms with van der Waals surface area (Å²) in [5.74, 6) is 0.880. The summed E-state index contributed by atoms with van der Waals surface area (Å²) >= 11 is 4.95. The van der Waals surface area contributed by atoms with Crippen molar-refractivity contribution in [1.82, 2.24) is 4.31 Å². The number of methoxy groups -OCH3 is 2. The first kappa shape index (κ1) is 17.7. The molecule has 24 heavy (non-hydrogen) atoms. The molecule has 1 fully saturated rings. The smallest absolute Gasteiger partial charge is 0.244 e. The van der Waals surface area contributed by atoms with Gasteiger partial charge in [0.25, 0.3) is 0 Å². The molecular formula is C16H18BrNO4S2. The minimum absolute atomic E-state index is 0.102. The summed E-state index contributed by atoms with van der Waals surface area (Å²) in [5, 5.41) is 1.98. The van der Waals surface area contributed by atoms with Crippen molar-refractivity contribution in [2.45, 2.75) is 23.8 Å². The molecule has 0 saturated carbocycles. The van der Waals surface area contributed by atoms with Crippen LogP contribution in [0.15, 0.2) is 39.0 Å². The van der Waals surface area contributed by atoms with Gasteiger partial charge >= 0.3 is 0 Å². The maximum absolute atomic E-state index is 13.2. The van der Waals surface area contributed by atoms with Crippen molar-refractivity contribution in [3.63, 3.8) is 0 Å². The molecule has 1 aliphatic rings. The Balaban J connectivity index is 2.04. The summed E-state index contributed by atoms with van der Waals surface area (Å²) in [6.07, 6.45) is 1.69. The van der Waals surface area contributed by atoms with Gasteiger partial charge in [-0.2, -0.15) is 4.31 Å². The van der Waals surface area contributed by atoms with Crippen molar-refractivity contribution >= 4 is 37.3 Å². The molecule has 5 nitrogen and oxygen atoms in total. The molecule has 0 unspecified atom stereocenters. The number of ether oxygens (including phenoxy) is 2. The molecule has 1 saturated heterocycles. The predicted molar refractivity (Wildman–Crippen MR) is 97.4 cm³/mol. The van der Waals surface area contributed by atoms with Gasteiger partial charge < -0.3 is 9.47 Å². The van der Waals surface area contributed by atoms with E-state index in [1.165, 1.54) is 20.3 Å². The molecule has 1 aliphatic heterocycles. The van der Waals surface area contributed by atoms with Crippen LogP contribution in [0.2, 0.25) is 0 Å². The summed E-state index contributed by atoms with van der Waals surface area (Å²) in [5.41, 5.74) is 0. The maximum atomic E-state index is 13.2. The fourth-order valence-corrected chi connectivity index (χ4v) is 6.57. The third kappa shape index (κ3) is 3.08. The Morgan fingerprint density at radius 3 is 2.58 bits per heavy atom. The Kier molecular flexibility index (Phi) is 5.19. The zero-order valence-corrected chi connectivity index (χ0v) is 16.6. The average molecular weight is 432 g/mol. The van der Waals surface area contributed by atoms with Crippen LogP contribution in [0.25, 0.3) is 0 Å². The molecule has 0 amide bonds. The van der Waals surface area contributed by atoms with E-state index in [0.717, 1.165) is 17.7 Å². The van der Waals surface area contributed by atoms with E-state index in [2.05, 4.69) is 15.9 Å². The zero-order valence-electron chi connectivity index (χ0n) is 13.4. The van der Waals surface area contributed by atoms with Gasteiger partial charge in [-0.15, -0.1) is 11.3 Å². The highest BCUT2D eigenvalue weighted by Gasteiger charge is 2.38. The van der Waals surface area contributed by atoms with E-state index in [4.69, 9.17) is 9.47 Å². The van der Waals surface area contributed by atoms with Crippen molar-refractivity contribution in [2.24, 2.45) is 0 Å². The van der Waals surface area contributed by atoms with Gasteiger partial charge in [-0.25, -0.2) is 8.42 Å². The van der Waals surface area contributed by atoms with Crippen molar-refractivity contribution < 1.29 is 17.9 Å². The lowest BCUT2D eigenvalue weighted by Crippen LogP contribution is -2.30. The highest BCUT2D eigenvalue weighted by atomic mass is 79.9. The van der Waals surface area contributed by atoms with E-state index >= 15 is 0 Å². The number of hydrogen-bond donors (Lipinski definition) is 0. The minimum Gasteiger partial charge on any atom is -0.493 e. The summed E-state index contributed by atoms with van der Waals surface area (Å²) in [6.45, 7) is 0.520. The normalized spacial score (nSPS) is 18.7. The lowest BCUT2D eigenvalue weighted by atomic mass is 10.2. The van der Waals surface area contributed by atoms with Gasteiger partial charge in [0, 0.05) is 22.0 Å². The number of halogens is 1. The van der Waals surface area contributed by atoms with E-state index in [1.54, 1.807) is 21.7 Å². The molecule has 0 bridgehead atoms. The monoisotopic (exact) mass is 431 g/mol. The summed E-state index contributed by atoms with van der Waals surface area (Å²) in [7, 11) is -0.632. The van der Waals surface area contributed by atoms with Gasteiger partial charge in [-0.05, 0) is 46.3 Å². The first-order valence-electron chi connectivity index (χ1n) is 7.45. The Labute approximate surface area is 154 Å². The molecular weight excluding hydrogens is 414 g/mol. The summed E-state index contributed by atoms with van der Waals surface area (Å²) in [4.78, 5) is 1.27. The van der Waals surface area contributed by atoms with E-state index < -0.39 is 10.0 Å². The molecule has 0 spiro atoms. The highest BCUT2D eigenvalue weighted by molar-refractivity contribution is 9.10. The van der Waals surface area contributed by atoms with Crippen LogP contribution < -0.4 is 9.47 Å². The van der Waals surface area contributed by atoms with E-state index in [0.29, 0.717) is 22.5 Å². The molecule has 3 rings (SSSR count). The van der Waals surface area contributed by atoms with Crippen molar-refractivity contribution in [2.75, 3.05) is 20.8 Å². The third-order valence-electron chi connectivity index (χ3n) is 4.10. The Bertz CT molecular complexity index is 821. The van der Waals surface area contributed by atoms with Crippen LogP contribution >= 0.6 is 27.3 Å². The quantitative estimate of drug-likeness (QED) is 0.716. The largest absolute Gasteiger partial charge is 0.493 e. The van der Waals surface area contributed by atoms with Gasteiger partial charge in [0.2, 0.25) is 10.0 Å². The fraction of sp³-hybridized carbons (Fsp3) is 0.375. The number of thiophene rings is 1. The van der Waals surface area contributed by atoms with Gasteiger partial charge in [-0.3, -0.25) is 0 Å². The Morgan fingerprint density at radius 2 is 1.96 bits per heavy atom. The number of rotatable bonds is 5. The molecule has 0 N–H and O–H groups in total. The summed E-state index contributed by atoms with van der Waals surface area (Å²) in [6, 6.07) is 6.99. The summed E-state index contributed by atoms with van der Waals surface area (Å²) < 4.78 is 39.0. The van der Waals surface area contributed by atoms with Gasteiger partial charge in [0.1, 0.15) is 4.90 Å². The fourth-order valence-electron chi connectivity index (χ4n) is 2.95. The lowest BCUT2D eigenvalue weighted by molar-refractivity contribution is 0.352. The number of nitrogens with zero attached hydrogens (tertiary/aromatic N) is 1. The van der Waals surface area contributed by atoms with Gasteiger partial charge in [0.05, 0.1) is 20.3 Å². The molecule has 2 aromatic rings. The van der Waals surface area contributed by atoms with Crippen LogP contribution in [0, 0.1) is 0 Å². The van der Waals surface area contributed by atoms with Gasteiger partial charge in [0.15, 0.2) is 11.5 Å². The number of sulfonamides is 1. The molecule has 0 radical (unpaired) electrons. The molecule has 8 heteroatoms.